The molecule has 0 bridgehead atoms. The van der Waals surface area contributed by atoms with Crippen LogP contribution in [0.2, 0.25) is 0 Å². The van der Waals surface area contributed by atoms with Crippen molar-refractivity contribution in [2.45, 2.75) is 0 Å². The number of fused-ring (bicyclic) bond motifs is 8. The molecule has 0 unspecified atom stereocenters. The van der Waals surface area contributed by atoms with Crippen molar-refractivity contribution in [2.75, 3.05) is 0 Å². The fourth-order valence-electron chi connectivity index (χ4n) is 5.38. The number of hydrogen-bond donors (Lipinski definition) is 1. The molecule has 6 heteroatoms. The van der Waals surface area contributed by atoms with E-state index in [2.05, 4.69) is 70.6 Å². The molecule has 43 heavy (non-hydrogen) atoms. The van der Waals surface area contributed by atoms with Crippen LogP contribution in [0, 0.1) is 6.07 Å². The maximum absolute atomic E-state index is 10.7. The molecule has 8 rings (SSSR count). The molecule has 0 atom stereocenters. The SMILES string of the molecule is O=C(O)c1cc(-c2ccccc2)ccn1.[Ir].[c-]1cc2oc3c4ccccc4c4ccccc4c3c2cc1-c1ccccn1. The Hall–Kier alpha value is -5.16. The molecule has 5 nitrogen and oxygen atoms in total. The summed E-state index contributed by atoms with van der Waals surface area (Å²) in [4.78, 5) is 19.0. The van der Waals surface area contributed by atoms with Crippen LogP contribution in [0.15, 0.2) is 138 Å². The third kappa shape index (κ3) is 5.30. The van der Waals surface area contributed by atoms with E-state index in [1.54, 1.807) is 12.1 Å². The number of carboxylic acid groups (broad SMARTS) is 1. The van der Waals surface area contributed by atoms with Gasteiger partial charge < -0.3 is 14.5 Å². The van der Waals surface area contributed by atoms with Crippen molar-refractivity contribution in [2.24, 2.45) is 0 Å². The van der Waals surface area contributed by atoms with Crippen LogP contribution in [-0.2, 0) is 20.1 Å². The monoisotopic (exact) mass is 736 g/mol. The largest absolute Gasteiger partial charge is 0.500 e. The second-order valence-electron chi connectivity index (χ2n) is 9.84. The van der Waals surface area contributed by atoms with Gasteiger partial charge in [0.25, 0.3) is 0 Å². The van der Waals surface area contributed by atoms with Crippen molar-refractivity contribution in [3.63, 3.8) is 0 Å². The Morgan fingerprint density at radius 3 is 2.05 bits per heavy atom. The fourth-order valence-corrected chi connectivity index (χ4v) is 5.38. The molecular formula is C37H23IrN2O3-. The average molecular weight is 736 g/mol. The van der Waals surface area contributed by atoms with Gasteiger partial charge in [0.05, 0.1) is 5.58 Å². The Morgan fingerprint density at radius 1 is 0.651 bits per heavy atom. The Morgan fingerprint density at radius 2 is 1.33 bits per heavy atom. The first-order chi connectivity index (χ1) is 20.7. The molecule has 0 aliphatic heterocycles. The van der Waals surface area contributed by atoms with E-state index in [1.807, 2.05) is 60.8 Å². The molecule has 0 aliphatic rings. The average Bonchev–Trinajstić information content (AvgIpc) is 3.45. The van der Waals surface area contributed by atoms with Crippen LogP contribution in [0.25, 0.3) is 65.9 Å². The normalized spacial score (nSPS) is 10.8. The number of rotatable bonds is 3. The van der Waals surface area contributed by atoms with Gasteiger partial charge in [-0.2, -0.15) is 0 Å². The van der Waals surface area contributed by atoms with Crippen LogP contribution >= 0.6 is 0 Å². The zero-order valence-electron chi connectivity index (χ0n) is 22.7. The van der Waals surface area contributed by atoms with E-state index in [4.69, 9.17) is 9.52 Å². The second-order valence-corrected chi connectivity index (χ2v) is 9.84. The van der Waals surface area contributed by atoms with E-state index in [1.165, 1.54) is 22.4 Å². The van der Waals surface area contributed by atoms with Crippen molar-refractivity contribution in [3.05, 3.63) is 145 Å². The number of nitrogens with zero attached hydrogens (tertiary/aromatic N) is 2. The minimum atomic E-state index is -1.01. The Labute approximate surface area is 260 Å². The van der Waals surface area contributed by atoms with Crippen molar-refractivity contribution in [1.29, 1.82) is 0 Å². The van der Waals surface area contributed by atoms with Gasteiger partial charge in [0.1, 0.15) is 11.3 Å². The number of aromatic nitrogens is 2. The number of aromatic carboxylic acids is 1. The molecule has 0 fully saturated rings. The summed E-state index contributed by atoms with van der Waals surface area (Å²) in [6.45, 7) is 0. The maximum Gasteiger partial charge on any atom is 0.354 e. The smallest absolute Gasteiger partial charge is 0.354 e. The van der Waals surface area contributed by atoms with E-state index in [0.717, 1.165) is 49.7 Å². The predicted octanol–water partition coefficient (Wildman–Crippen LogP) is 9.20. The number of pyridine rings is 2. The van der Waals surface area contributed by atoms with Gasteiger partial charge in [-0.1, -0.05) is 96.4 Å². The van der Waals surface area contributed by atoms with Crippen LogP contribution in [0.3, 0.4) is 0 Å². The molecule has 0 saturated carbocycles. The van der Waals surface area contributed by atoms with Gasteiger partial charge in [0.2, 0.25) is 0 Å². The summed E-state index contributed by atoms with van der Waals surface area (Å²) in [5, 5.41) is 15.9. The molecule has 3 aromatic heterocycles. The van der Waals surface area contributed by atoms with Gasteiger partial charge in [-0.15, -0.1) is 23.8 Å². The molecule has 8 aromatic rings. The van der Waals surface area contributed by atoms with Crippen LogP contribution < -0.4 is 0 Å². The Balaban J connectivity index is 0.000000176. The van der Waals surface area contributed by atoms with E-state index in [0.29, 0.717) is 0 Å². The summed E-state index contributed by atoms with van der Waals surface area (Å²) in [5.41, 5.74) is 5.60. The topological polar surface area (TPSA) is 76.2 Å². The van der Waals surface area contributed by atoms with Crippen LogP contribution in [-0.4, -0.2) is 21.0 Å². The Bertz CT molecular complexity index is 2230. The minimum absolute atomic E-state index is 0. The second kappa shape index (κ2) is 12.0. The Kier molecular flexibility index (Phi) is 7.80. The first-order valence-corrected chi connectivity index (χ1v) is 13.5. The predicted molar refractivity (Wildman–Crippen MR) is 167 cm³/mol. The number of benzene rings is 5. The summed E-state index contributed by atoms with van der Waals surface area (Å²) in [5.74, 6) is -1.01. The van der Waals surface area contributed by atoms with Gasteiger partial charge in [0.15, 0.2) is 0 Å². The zero-order valence-corrected chi connectivity index (χ0v) is 25.1. The summed E-state index contributed by atoms with van der Waals surface area (Å²) in [7, 11) is 0. The van der Waals surface area contributed by atoms with Gasteiger partial charge in [0, 0.05) is 43.3 Å². The minimum Gasteiger partial charge on any atom is -0.500 e. The van der Waals surface area contributed by atoms with Gasteiger partial charge >= 0.3 is 5.97 Å². The fraction of sp³-hybridized carbons (Fsp3) is 0. The maximum atomic E-state index is 10.7. The van der Waals surface area contributed by atoms with E-state index >= 15 is 0 Å². The number of carbonyl (C=O) groups is 1. The molecule has 0 amide bonds. The molecule has 3 heterocycles. The van der Waals surface area contributed by atoms with E-state index in [-0.39, 0.29) is 25.8 Å². The standard InChI is InChI=1S/C25H14NO.C12H9NO2.Ir/c1-3-9-19-17(7-1)18-8-2-4-10-20(18)25-24(19)21-15-16(12-13-23(21)27-25)22-11-5-6-14-26-22;14-12(15)11-8-10(6-7-13-11)9-4-2-1-3-5-9;/h1-11,13-15H;1-8H,(H,14,15);/q-1;;. The first-order valence-electron chi connectivity index (χ1n) is 13.5. The van der Waals surface area contributed by atoms with Gasteiger partial charge in [-0.05, 0) is 51.2 Å². The van der Waals surface area contributed by atoms with Crippen LogP contribution in [0.1, 0.15) is 10.5 Å². The van der Waals surface area contributed by atoms with Crippen LogP contribution in [0.5, 0.6) is 0 Å². The summed E-state index contributed by atoms with van der Waals surface area (Å²) < 4.78 is 6.31. The zero-order chi connectivity index (χ0) is 28.5. The van der Waals surface area contributed by atoms with Crippen molar-refractivity contribution >= 4 is 49.5 Å². The van der Waals surface area contributed by atoms with Crippen molar-refractivity contribution < 1.29 is 34.4 Å². The molecule has 1 N–H and O–H groups in total. The van der Waals surface area contributed by atoms with Gasteiger partial charge in [-0.3, -0.25) is 0 Å². The third-order valence-electron chi connectivity index (χ3n) is 7.31. The molecule has 209 valence electrons. The van der Waals surface area contributed by atoms with Crippen molar-refractivity contribution in [3.8, 4) is 22.4 Å². The van der Waals surface area contributed by atoms with E-state index < -0.39 is 5.97 Å². The van der Waals surface area contributed by atoms with Crippen molar-refractivity contribution in [1.82, 2.24) is 9.97 Å². The van der Waals surface area contributed by atoms with E-state index in [9.17, 15) is 4.79 Å². The number of carboxylic acids is 1. The summed E-state index contributed by atoms with van der Waals surface area (Å²) >= 11 is 0. The molecule has 0 spiro atoms. The van der Waals surface area contributed by atoms with Gasteiger partial charge in [-0.25, -0.2) is 9.78 Å². The third-order valence-corrected chi connectivity index (χ3v) is 7.31. The molecule has 0 aliphatic carbocycles. The quantitative estimate of drug-likeness (QED) is 0.145. The first kappa shape index (κ1) is 28.0. The molecule has 5 aromatic carbocycles. The number of furan rings is 1. The summed E-state index contributed by atoms with van der Waals surface area (Å²) in [6.07, 6.45) is 3.32. The summed E-state index contributed by atoms with van der Waals surface area (Å²) in [6, 6.07) is 43.3. The number of hydrogen-bond acceptors (Lipinski definition) is 4. The molecule has 1 radical (unpaired) electrons. The van der Waals surface area contributed by atoms with Crippen LogP contribution in [0.4, 0.5) is 0 Å². The molecular weight excluding hydrogens is 713 g/mol. The molecule has 0 saturated heterocycles.